The van der Waals surface area contributed by atoms with Gasteiger partial charge in [-0.25, -0.2) is 4.98 Å². The first-order valence-electron chi connectivity index (χ1n) is 10.4. The Morgan fingerprint density at radius 3 is 2.37 bits per heavy atom. The molecule has 1 N–H and O–H groups in total. The van der Waals surface area contributed by atoms with Crippen LogP contribution in [0.1, 0.15) is 13.8 Å². The Labute approximate surface area is 177 Å². The van der Waals surface area contributed by atoms with Gasteiger partial charge in [-0.2, -0.15) is 0 Å². The summed E-state index contributed by atoms with van der Waals surface area (Å²) in [6.07, 6.45) is 0.146. The van der Waals surface area contributed by atoms with Crippen LogP contribution in [0.4, 0.5) is 5.82 Å². The number of likely N-dealkylation sites (N-methyl/N-ethyl adjacent to an activating group) is 1. The molecule has 0 aliphatic carbocycles. The average Bonchev–Trinajstić information content (AvgIpc) is 2.72. The van der Waals surface area contributed by atoms with Crippen LogP contribution >= 0.6 is 0 Å². The second-order valence-corrected chi connectivity index (χ2v) is 8.11. The van der Waals surface area contributed by atoms with E-state index in [0.29, 0.717) is 0 Å². The summed E-state index contributed by atoms with van der Waals surface area (Å²) < 4.78 is 11.3. The molecule has 0 aliphatic heterocycles. The number of ether oxygens (including phenoxy) is 2. The third-order valence-electron chi connectivity index (χ3n) is 5.18. The van der Waals surface area contributed by atoms with Gasteiger partial charge in [0.05, 0.1) is 18.7 Å². The summed E-state index contributed by atoms with van der Waals surface area (Å²) in [5, 5.41) is 9.15. The van der Waals surface area contributed by atoms with E-state index in [1.807, 2.05) is 26.0 Å². The SMILES string of the molecule is COc1ccc2c(c1)c(NCCN(C)C)nc1c3ccc(OC(C)C)cc3ccc21. The minimum absolute atomic E-state index is 0.146. The number of nitrogens with one attached hydrogen (secondary N) is 1. The molecule has 0 unspecified atom stereocenters. The Bertz CT molecular complexity index is 1200. The van der Waals surface area contributed by atoms with Crippen molar-refractivity contribution in [3.05, 3.63) is 48.5 Å². The van der Waals surface area contributed by atoms with Crippen LogP contribution in [0, 0.1) is 0 Å². The maximum atomic E-state index is 5.88. The molecular formula is C25H29N3O2. The lowest BCUT2D eigenvalue weighted by Crippen LogP contribution is -2.21. The number of nitrogens with zero attached hydrogens (tertiary/aromatic N) is 2. The van der Waals surface area contributed by atoms with Crippen LogP contribution in [-0.2, 0) is 0 Å². The molecule has 0 spiro atoms. The van der Waals surface area contributed by atoms with E-state index in [0.717, 1.165) is 62.9 Å². The standard InChI is InChI=1S/C25H29N3O2/c1-16(2)30-19-8-10-20-17(14-19)6-9-22-21-11-7-18(29-5)15-23(21)25(27-24(20)22)26-12-13-28(3)4/h6-11,14-16H,12-13H2,1-5H3,(H,26,27). The molecule has 0 saturated carbocycles. The van der Waals surface area contributed by atoms with Gasteiger partial charge in [0.15, 0.2) is 0 Å². The third kappa shape index (κ3) is 3.98. The highest BCUT2D eigenvalue weighted by Crippen LogP contribution is 2.36. The van der Waals surface area contributed by atoms with Crippen LogP contribution in [-0.4, -0.2) is 50.3 Å². The van der Waals surface area contributed by atoms with Crippen molar-refractivity contribution >= 4 is 38.3 Å². The summed E-state index contributed by atoms with van der Waals surface area (Å²) in [7, 11) is 5.83. The lowest BCUT2D eigenvalue weighted by atomic mass is 10.0. The summed E-state index contributed by atoms with van der Waals surface area (Å²) >= 11 is 0. The average molecular weight is 404 g/mol. The molecule has 30 heavy (non-hydrogen) atoms. The van der Waals surface area contributed by atoms with Crippen molar-refractivity contribution in [3.63, 3.8) is 0 Å². The van der Waals surface area contributed by atoms with Crippen LogP contribution in [0.15, 0.2) is 48.5 Å². The zero-order chi connectivity index (χ0) is 21.3. The number of benzene rings is 3. The summed E-state index contributed by atoms with van der Waals surface area (Å²) in [4.78, 5) is 7.22. The second-order valence-electron chi connectivity index (χ2n) is 8.11. The Hall–Kier alpha value is -3.05. The summed E-state index contributed by atoms with van der Waals surface area (Å²) in [5.74, 6) is 2.59. The van der Waals surface area contributed by atoms with Crippen LogP contribution in [0.25, 0.3) is 32.4 Å². The molecule has 5 nitrogen and oxygen atoms in total. The van der Waals surface area contributed by atoms with Crippen LogP contribution in [0.2, 0.25) is 0 Å². The van der Waals surface area contributed by atoms with E-state index in [9.17, 15) is 0 Å². The molecular weight excluding hydrogens is 374 g/mol. The highest BCUT2D eigenvalue weighted by molar-refractivity contribution is 6.18. The molecule has 3 aromatic carbocycles. The van der Waals surface area contributed by atoms with Crippen molar-refractivity contribution in [1.29, 1.82) is 0 Å². The minimum atomic E-state index is 0.146. The van der Waals surface area contributed by atoms with Crippen molar-refractivity contribution < 1.29 is 9.47 Å². The highest BCUT2D eigenvalue weighted by Gasteiger charge is 2.13. The van der Waals surface area contributed by atoms with Gasteiger partial charge in [0.1, 0.15) is 17.3 Å². The molecule has 0 amide bonds. The largest absolute Gasteiger partial charge is 0.497 e. The summed E-state index contributed by atoms with van der Waals surface area (Å²) in [6, 6.07) is 16.7. The van der Waals surface area contributed by atoms with E-state index in [-0.39, 0.29) is 6.10 Å². The van der Waals surface area contributed by atoms with E-state index in [1.54, 1.807) is 7.11 Å². The van der Waals surface area contributed by atoms with Crippen molar-refractivity contribution in [3.8, 4) is 11.5 Å². The van der Waals surface area contributed by atoms with E-state index >= 15 is 0 Å². The van der Waals surface area contributed by atoms with Gasteiger partial charge >= 0.3 is 0 Å². The molecule has 0 saturated heterocycles. The molecule has 5 heteroatoms. The zero-order valence-electron chi connectivity index (χ0n) is 18.3. The monoisotopic (exact) mass is 403 g/mol. The van der Waals surface area contributed by atoms with Crippen molar-refractivity contribution in [2.75, 3.05) is 39.6 Å². The summed E-state index contributed by atoms with van der Waals surface area (Å²) in [5.41, 5.74) is 0.994. The third-order valence-corrected chi connectivity index (χ3v) is 5.18. The van der Waals surface area contributed by atoms with E-state index < -0.39 is 0 Å². The van der Waals surface area contributed by atoms with Crippen LogP contribution in [0.3, 0.4) is 0 Å². The molecule has 0 fully saturated rings. The van der Waals surface area contributed by atoms with Gasteiger partial charge in [0.25, 0.3) is 0 Å². The van der Waals surface area contributed by atoms with E-state index in [1.165, 1.54) is 0 Å². The van der Waals surface area contributed by atoms with Gasteiger partial charge in [-0.15, -0.1) is 0 Å². The molecule has 156 valence electrons. The lowest BCUT2D eigenvalue weighted by molar-refractivity contribution is 0.243. The van der Waals surface area contributed by atoms with Crippen molar-refractivity contribution in [2.24, 2.45) is 0 Å². The predicted octanol–water partition coefficient (Wildman–Crippen LogP) is 5.31. The molecule has 0 radical (unpaired) electrons. The molecule has 0 aliphatic rings. The topological polar surface area (TPSA) is 46.6 Å². The van der Waals surface area contributed by atoms with Gasteiger partial charge < -0.3 is 19.7 Å². The van der Waals surface area contributed by atoms with Gasteiger partial charge in [0, 0.05) is 29.2 Å². The molecule has 4 aromatic rings. The maximum absolute atomic E-state index is 5.88. The number of hydrogen-bond donors (Lipinski definition) is 1. The molecule has 4 rings (SSSR count). The van der Waals surface area contributed by atoms with E-state index in [4.69, 9.17) is 14.5 Å². The Morgan fingerprint density at radius 2 is 1.63 bits per heavy atom. The van der Waals surface area contributed by atoms with Gasteiger partial charge in [-0.3, -0.25) is 0 Å². The van der Waals surface area contributed by atoms with Crippen molar-refractivity contribution in [1.82, 2.24) is 9.88 Å². The Balaban J connectivity index is 1.91. The minimum Gasteiger partial charge on any atom is -0.497 e. The number of hydrogen-bond acceptors (Lipinski definition) is 5. The molecule has 1 aromatic heterocycles. The molecule has 0 atom stereocenters. The van der Waals surface area contributed by atoms with Crippen molar-refractivity contribution in [2.45, 2.75) is 20.0 Å². The Kier molecular flexibility index (Phi) is 5.64. The first-order valence-corrected chi connectivity index (χ1v) is 10.4. The highest BCUT2D eigenvalue weighted by atomic mass is 16.5. The zero-order valence-corrected chi connectivity index (χ0v) is 18.3. The Morgan fingerprint density at radius 1 is 0.900 bits per heavy atom. The quantitative estimate of drug-likeness (QED) is 0.424. The molecule has 1 heterocycles. The van der Waals surface area contributed by atoms with E-state index in [2.05, 4.69) is 60.7 Å². The van der Waals surface area contributed by atoms with Gasteiger partial charge in [-0.05, 0) is 75.1 Å². The van der Waals surface area contributed by atoms with Gasteiger partial charge in [0.2, 0.25) is 0 Å². The number of rotatable bonds is 7. The lowest BCUT2D eigenvalue weighted by Gasteiger charge is -2.16. The van der Waals surface area contributed by atoms with Crippen LogP contribution < -0.4 is 14.8 Å². The summed E-state index contributed by atoms with van der Waals surface area (Å²) in [6.45, 7) is 5.82. The van der Waals surface area contributed by atoms with Crippen LogP contribution in [0.5, 0.6) is 11.5 Å². The number of fused-ring (bicyclic) bond motifs is 5. The molecule has 0 bridgehead atoms. The number of pyridine rings is 1. The first-order chi connectivity index (χ1) is 14.5. The second kappa shape index (κ2) is 8.36. The predicted molar refractivity (Wildman–Crippen MR) is 126 cm³/mol. The maximum Gasteiger partial charge on any atom is 0.134 e. The fourth-order valence-corrected chi connectivity index (χ4v) is 3.76. The number of anilines is 1. The first kappa shape index (κ1) is 20.2. The smallest absolute Gasteiger partial charge is 0.134 e. The fourth-order valence-electron chi connectivity index (χ4n) is 3.76. The normalized spacial score (nSPS) is 11.7. The van der Waals surface area contributed by atoms with Gasteiger partial charge in [-0.1, -0.05) is 12.1 Å². The number of aromatic nitrogens is 1. The fraction of sp³-hybridized carbons (Fsp3) is 0.320. The number of methoxy groups -OCH3 is 1.